The SMILES string of the molecule is CCOC(=O)NC1CCCN(c2ccc([N+](=O)[O-])cc2Br)C1. The second-order valence-corrected chi connectivity index (χ2v) is 5.90. The molecule has 2 rings (SSSR count). The largest absolute Gasteiger partial charge is 0.450 e. The van der Waals surface area contributed by atoms with Crippen LogP contribution in [0.2, 0.25) is 0 Å². The Morgan fingerprint density at radius 1 is 1.59 bits per heavy atom. The highest BCUT2D eigenvalue weighted by atomic mass is 79.9. The van der Waals surface area contributed by atoms with Crippen molar-refractivity contribution in [2.45, 2.75) is 25.8 Å². The molecule has 0 saturated carbocycles. The van der Waals surface area contributed by atoms with Crippen LogP contribution in [0.15, 0.2) is 22.7 Å². The number of nitrogens with zero attached hydrogens (tertiary/aromatic N) is 2. The van der Waals surface area contributed by atoms with Gasteiger partial charge in [0, 0.05) is 35.7 Å². The number of anilines is 1. The Morgan fingerprint density at radius 2 is 2.36 bits per heavy atom. The summed E-state index contributed by atoms with van der Waals surface area (Å²) in [5.74, 6) is 0. The summed E-state index contributed by atoms with van der Waals surface area (Å²) in [6.07, 6.45) is 1.41. The number of benzene rings is 1. The quantitative estimate of drug-likeness (QED) is 0.649. The van der Waals surface area contributed by atoms with E-state index in [2.05, 4.69) is 26.1 Å². The van der Waals surface area contributed by atoms with Crippen LogP contribution in [0.4, 0.5) is 16.2 Å². The molecule has 1 aromatic carbocycles. The number of carbonyl (C=O) groups is 1. The number of ether oxygens (including phenoxy) is 1. The molecule has 1 N–H and O–H groups in total. The molecule has 120 valence electrons. The minimum atomic E-state index is -0.421. The number of hydrogen-bond donors (Lipinski definition) is 1. The van der Waals surface area contributed by atoms with E-state index >= 15 is 0 Å². The van der Waals surface area contributed by atoms with Crippen LogP contribution in [0.1, 0.15) is 19.8 Å². The molecule has 0 radical (unpaired) electrons. The molecule has 0 aromatic heterocycles. The monoisotopic (exact) mass is 371 g/mol. The predicted octanol–water partition coefficient (Wildman–Crippen LogP) is 3.07. The molecular formula is C14H18BrN3O4. The van der Waals surface area contributed by atoms with E-state index < -0.39 is 11.0 Å². The van der Waals surface area contributed by atoms with Gasteiger partial charge in [-0.25, -0.2) is 4.79 Å². The average Bonchev–Trinajstić information content (AvgIpc) is 2.47. The summed E-state index contributed by atoms with van der Waals surface area (Å²) in [6, 6.07) is 4.73. The molecular weight excluding hydrogens is 354 g/mol. The lowest BCUT2D eigenvalue weighted by atomic mass is 10.1. The molecule has 0 bridgehead atoms. The highest BCUT2D eigenvalue weighted by Crippen LogP contribution is 2.31. The first-order chi connectivity index (χ1) is 10.5. The Hall–Kier alpha value is -1.83. The third-order valence-electron chi connectivity index (χ3n) is 3.50. The van der Waals surface area contributed by atoms with Crippen LogP contribution >= 0.6 is 15.9 Å². The summed E-state index contributed by atoms with van der Waals surface area (Å²) in [6.45, 7) is 3.60. The number of carbonyl (C=O) groups excluding carboxylic acids is 1. The number of non-ortho nitro benzene ring substituents is 1. The zero-order valence-corrected chi connectivity index (χ0v) is 13.8. The van der Waals surface area contributed by atoms with E-state index in [1.807, 2.05) is 0 Å². The molecule has 1 unspecified atom stereocenters. The van der Waals surface area contributed by atoms with Crippen LogP contribution in [0.25, 0.3) is 0 Å². The van der Waals surface area contributed by atoms with Gasteiger partial charge in [-0.15, -0.1) is 0 Å². The molecule has 1 fully saturated rings. The van der Waals surface area contributed by atoms with Crippen LogP contribution in [0.3, 0.4) is 0 Å². The van der Waals surface area contributed by atoms with E-state index in [9.17, 15) is 14.9 Å². The van der Waals surface area contributed by atoms with Crippen molar-refractivity contribution in [1.29, 1.82) is 0 Å². The van der Waals surface area contributed by atoms with E-state index in [0.717, 1.165) is 25.1 Å². The van der Waals surface area contributed by atoms with Crippen LogP contribution in [0.5, 0.6) is 0 Å². The maximum Gasteiger partial charge on any atom is 0.407 e. The Balaban J connectivity index is 2.06. The molecule has 0 spiro atoms. The van der Waals surface area contributed by atoms with Gasteiger partial charge in [0.2, 0.25) is 0 Å². The van der Waals surface area contributed by atoms with E-state index in [-0.39, 0.29) is 11.7 Å². The first kappa shape index (κ1) is 16.5. The van der Waals surface area contributed by atoms with Gasteiger partial charge in [-0.2, -0.15) is 0 Å². The van der Waals surface area contributed by atoms with Crippen molar-refractivity contribution in [1.82, 2.24) is 5.32 Å². The summed E-state index contributed by atoms with van der Waals surface area (Å²) < 4.78 is 5.58. The van der Waals surface area contributed by atoms with Gasteiger partial charge >= 0.3 is 6.09 Å². The third-order valence-corrected chi connectivity index (χ3v) is 4.14. The lowest BCUT2D eigenvalue weighted by Crippen LogP contribution is -2.48. The lowest BCUT2D eigenvalue weighted by Gasteiger charge is -2.35. The number of halogens is 1. The number of alkyl carbamates (subject to hydrolysis) is 1. The first-order valence-corrected chi connectivity index (χ1v) is 7.92. The third kappa shape index (κ3) is 4.09. The van der Waals surface area contributed by atoms with Gasteiger partial charge in [-0.3, -0.25) is 10.1 Å². The van der Waals surface area contributed by atoms with Crippen molar-refractivity contribution >= 4 is 33.4 Å². The summed E-state index contributed by atoms with van der Waals surface area (Å²) >= 11 is 3.39. The molecule has 1 atom stereocenters. The normalized spacial score (nSPS) is 17.9. The molecule has 1 amide bonds. The van der Waals surface area contributed by atoms with Crippen molar-refractivity contribution in [3.63, 3.8) is 0 Å². The second kappa shape index (κ2) is 7.44. The maximum atomic E-state index is 11.5. The standard InChI is InChI=1S/C14H18BrN3O4/c1-2-22-14(19)16-10-4-3-7-17(9-10)13-6-5-11(18(20)21)8-12(13)15/h5-6,8,10H,2-4,7,9H2,1H3,(H,16,19). The molecule has 1 saturated heterocycles. The van der Waals surface area contributed by atoms with Gasteiger partial charge in [-0.05, 0) is 41.8 Å². The van der Waals surface area contributed by atoms with Crippen LogP contribution in [0, 0.1) is 10.1 Å². The maximum absolute atomic E-state index is 11.5. The molecule has 1 aliphatic heterocycles. The number of amides is 1. The molecule has 7 nitrogen and oxygen atoms in total. The highest BCUT2D eigenvalue weighted by molar-refractivity contribution is 9.10. The Bertz CT molecular complexity index is 567. The molecule has 0 aliphatic carbocycles. The summed E-state index contributed by atoms with van der Waals surface area (Å²) in [5, 5.41) is 13.6. The van der Waals surface area contributed by atoms with Crippen molar-refractivity contribution in [2.24, 2.45) is 0 Å². The number of nitrogens with one attached hydrogen (secondary N) is 1. The summed E-state index contributed by atoms with van der Waals surface area (Å²) in [7, 11) is 0. The number of hydrogen-bond acceptors (Lipinski definition) is 5. The van der Waals surface area contributed by atoms with Crippen LogP contribution < -0.4 is 10.2 Å². The Labute approximate surface area is 136 Å². The fraction of sp³-hybridized carbons (Fsp3) is 0.500. The Morgan fingerprint density at radius 3 is 3.00 bits per heavy atom. The van der Waals surface area contributed by atoms with Gasteiger partial charge in [-0.1, -0.05) is 0 Å². The van der Waals surface area contributed by atoms with Crippen LogP contribution in [-0.4, -0.2) is 36.8 Å². The minimum absolute atomic E-state index is 0.00916. The van der Waals surface area contributed by atoms with E-state index in [1.165, 1.54) is 12.1 Å². The summed E-state index contributed by atoms with van der Waals surface area (Å²) in [4.78, 5) is 24.0. The molecule has 22 heavy (non-hydrogen) atoms. The second-order valence-electron chi connectivity index (χ2n) is 5.04. The fourth-order valence-electron chi connectivity index (χ4n) is 2.52. The molecule has 1 aliphatic rings. The zero-order valence-electron chi connectivity index (χ0n) is 12.3. The van der Waals surface area contributed by atoms with E-state index in [1.54, 1.807) is 13.0 Å². The average molecular weight is 372 g/mol. The fourth-order valence-corrected chi connectivity index (χ4v) is 3.14. The number of piperidine rings is 1. The summed E-state index contributed by atoms with van der Waals surface area (Å²) in [5.41, 5.74) is 0.940. The van der Waals surface area contributed by atoms with Gasteiger partial charge in [0.15, 0.2) is 0 Å². The zero-order chi connectivity index (χ0) is 16.1. The van der Waals surface area contributed by atoms with Crippen LogP contribution in [-0.2, 0) is 4.74 Å². The Kier molecular flexibility index (Phi) is 5.59. The number of nitro groups is 1. The van der Waals surface area contributed by atoms with Gasteiger partial charge in [0.1, 0.15) is 0 Å². The highest BCUT2D eigenvalue weighted by Gasteiger charge is 2.24. The predicted molar refractivity (Wildman–Crippen MR) is 86.2 cm³/mol. The molecule has 1 heterocycles. The van der Waals surface area contributed by atoms with E-state index in [0.29, 0.717) is 17.6 Å². The molecule has 1 aromatic rings. The molecule has 8 heteroatoms. The number of nitro benzene ring substituents is 1. The van der Waals surface area contributed by atoms with Crippen molar-refractivity contribution in [3.8, 4) is 0 Å². The number of rotatable bonds is 4. The van der Waals surface area contributed by atoms with Crippen molar-refractivity contribution in [2.75, 3.05) is 24.6 Å². The van der Waals surface area contributed by atoms with Gasteiger partial charge in [0.05, 0.1) is 17.2 Å². The van der Waals surface area contributed by atoms with Gasteiger partial charge < -0.3 is 15.0 Å². The minimum Gasteiger partial charge on any atom is -0.450 e. The van der Waals surface area contributed by atoms with Crippen molar-refractivity contribution < 1.29 is 14.5 Å². The van der Waals surface area contributed by atoms with E-state index in [4.69, 9.17) is 4.74 Å². The first-order valence-electron chi connectivity index (χ1n) is 7.13. The smallest absolute Gasteiger partial charge is 0.407 e. The van der Waals surface area contributed by atoms with Gasteiger partial charge in [0.25, 0.3) is 5.69 Å². The lowest BCUT2D eigenvalue weighted by molar-refractivity contribution is -0.384. The van der Waals surface area contributed by atoms with Crippen molar-refractivity contribution in [3.05, 3.63) is 32.8 Å². The topological polar surface area (TPSA) is 84.7 Å².